The molecule has 2 rings (SSSR count). The van der Waals surface area contributed by atoms with Crippen molar-refractivity contribution in [2.75, 3.05) is 19.7 Å². The zero-order valence-electron chi connectivity index (χ0n) is 12.3. The SMILES string of the molecule is CCCOC1CCCN(Cc2cc(F)ccc2C(=O)O)C1. The van der Waals surface area contributed by atoms with Crippen LogP contribution in [0, 0.1) is 5.82 Å². The van der Waals surface area contributed by atoms with Gasteiger partial charge in [0.05, 0.1) is 11.7 Å². The van der Waals surface area contributed by atoms with E-state index in [4.69, 9.17) is 4.74 Å². The van der Waals surface area contributed by atoms with E-state index in [1.165, 1.54) is 18.2 Å². The molecule has 1 unspecified atom stereocenters. The summed E-state index contributed by atoms with van der Waals surface area (Å²) in [6, 6.07) is 3.85. The molecule has 1 aliphatic rings. The lowest BCUT2D eigenvalue weighted by molar-refractivity contribution is -0.00231. The number of ether oxygens (including phenoxy) is 1. The van der Waals surface area contributed by atoms with E-state index in [9.17, 15) is 14.3 Å². The number of nitrogens with zero attached hydrogens (tertiary/aromatic N) is 1. The first-order valence-corrected chi connectivity index (χ1v) is 7.45. The first-order valence-electron chi connectivity index (χ1n) is 7.45. The summed E-state index contributed by atoms with van der Waals surface area (Å²) in [7, 11) is 0. The van der Waals surface area contributed by atoms with Crippen molar-refractivity contribution in [1.82, 2.24) is 4.90 Å². The monoisotopic (exact) mass is 295 g/mol. The van der Waals surface area contributed by atoms with Gasteiger partial charge in [0.25, 0.3) is 0 Å². The number of piperidine rings is 1. The highest BCUT2D eigenvalue weighted by Crippen LogP contribution is 2.19. The lowest BCUT2D eigenvalue weighted by atomic mass is 10.0. The van der Waals surface area contributed by atoms with Gasteiger partial charge in [-0.2, -0.15) is 0 Å². The van der Waals surface area contributed by atoms with Crippen LogP contribution in [0.5, 0.6) is 0 Å². The van der Waals surface area contributed by atoms with Crippen molar-refractivity contribution in [2.24, 2.45) is 0 Å². The van der Waals surface area contributed by atoms with Crippen LogP contribution < -0.4 is 0 Å². The third-order valence-corrected chi connectivity index (χ3v) is 3.71. The summed E-state index contributed by atoms with van der Waals surface area (Å²) in [4.78, 5) is 13.4. The maximum absolute atomic E-state index is 13.4. The van der Waals surface area contributed by atoms with Gasteiger partial charge in [0.1, 0.15) is 5.82 Å². The first-order chi connectivity index (χ1) is 10.1. The molecule has 5 heteroatoms. The van der Waals surface area contributed by atoms with Crippen LogP contribution >= 0.6 is 0 Å². The van der Waals surface area contributed by atoms with Crippen molar-refractivity contribution in [2.45, 2.75) is 38.8 Å². The number of likely N-dealkylation sites (tertiary alicyclic amines) is 1. The average molecular weight is 295 g/mol. The fourth-order valence-electron chi connectivity index (χ4n) is 2.72. The van der Waals surface area contributed by atoms with Gasteiger partial charge < -0.3 is 9.84 Å². The van der Waals surface area contributed by atoms with E-state index >= 15 is 0 Å². The van der Waals surface area contributed by atoms with Crippen molar-refractivity contribution < 1.29 is 19.0 Å². The highest BCUT2D eigenvalue weighted by atomic mass is 19.1. The number of carbonyl (C=O) groups is 1. The van der Waals surface area contributed by atoms with E-state index in [-0.39, 0.29) is 11.7 Å². The summed E-state index contributed by atoms with van der Waals surface area (Å²) in [5.74, 6) is -1.41. The fourth-order valence-corrected chi connectivity index (χ4v) is 2.72. The standard InChI is InChI=1S/C16H22FNO3/c1-2-8-21-14-4-3-7-18(11-14)10-12-9-13(17)5-6-15(12)16(19)20/h5-6,9,14H,2-4,7-8,10-11H2,1H3,(H,19,20). The maximum atomic E-state index is 13.4. The Morgan fingerprint density at radius 2 is 2.33 bits per heavy atom. The van der Waals surface area contributed by atoms with Gasteiger partial charge in [0, 0.05) is 19.7 Å². The average Bonchev–Trinajstić information content (AvgIpc) is 2.45. The lowest BCUT2D eigenvalue weighted by Crippen LogP contribution is -2.39. The number of hydrogen-bond acceptors (Lipinski definition) is 3. The third kappa shape index (κ3) is 4.51. The molecule has 1 N–H and O–H groups in total. The van der Waals surface area contributed by atoms with Crippen LogP contribution in [0.1, 0.15) is 42.1 Å². The summed E-state index contributed by atoms with van der Waals surface area (Å²) in [6.45, 7) is 4.94. The zero-order chi connectivity index (χ0) is 15.2. The zero-order valence-corrected chi connectivity index (χ0v) is 12.3. The van der Waals surface area contributed by atoms with Crippen LogP contribution in [0.2, 0.25) is 0 Å². The molecule has 0 bridgehead atoms. The molecule has 1 saturated heterocycles. The molecule has 1 aromatic rings. The number of aromatic carboxylic acids is 1. The van der Waals surface area contributed by atoms with E-state index in [0.717, 1.165) is 39.0 Å². The van der Waals surface area contributed by atoms with Gasteiger partial charge in [-0.05, 0) is 49.6 Å². The minimum absolute atomic E-state index is 0.174. The smallest absolute Gasteiger partial charge is 0.336 e. The lowest BCUT2D eigenvalue weighted by Gasteiger charge is -2.32. The molecule has 1 heterocycles. The number of carboxylic acids is 1. The largest absolute Gasteiger partial charge is 0.478 e. The van der Waals surface area contributed by atoms with E-state index in [1.807, 2.05) is 0 Å². The van der Waals surface area contributed by atoms with Gasteiger partial charge in [-0.15, -0.1) is 0 Å². The summed E-state index contributed by atoms with van der Waals surface area (Å²) in [6.07, 6.45) is 3.24. The van der Waals surface area contributed by atoms with E-state index in [1.54, 1.807) is 0 Å². The predicted octanol–water partition coefficient (Wildman–Crippen LogP) is 2.91. The van der Waals surface area contributed by atoms with Gasteiger partial charge in [0.2, 0.25) is 0 Å². The highest BCUT2D eigenvalue weighted by Gasteiger charge is 2.22. The second-order valence-corrected chi connectivity index (χ2v) is 5.48. The van der Waals surface area contributed by atoms with E-state index < -0.39 is 11.8 Å². The molecule has 0 amide bonds. The Balaban J connectivity index is 2.03. The van der Waals surface area contributed by atoms with Crippen molar-refractivity contribution in [3.05, 3.63) is 35.1 Å². The number of halogens is 1. The molecule has 0 aromatic heterocycles. The molecular formula is C16H22FNO3. The summed E-state index contributed by atoms with van der Waals surface area (Å²) < 4.78 is 19.1. The van der Waals surface area contributed by atoms with E-state index in [2.05, 4.69) is 11.8 Å². The van der Waals surface area contributed by atoms with Gasteiger partial charge in [-0.1, -0.05) is 6.92 Å². The molecule has 0 radical (unpaired) electrons. The van der Waals surface area contributed by atoms with Crippen LogP contribution in [0.15, 0.2) is 18.2 Å². The van der Waals surface area contributed by atoms with E-state index in [0.29, 0.717) is 12.1 Å². The number of hydrogen-bond donors (Lipinski definition) is 1. The molecule has 21 heavy (non-hydrogen) atoms. The second kappa shape index (κ2) is 7.52. The quantitative estimate of drug-likeness (QED) is 0.876. The van der Waals surface area contributed by atoms with Crippen LogP contribution in [0.3, 0.4) is 0 Å². The Labute approximate surface area is 124 Å². The van der Waals surface area contributed by atoms with Gasteiger partial charge in [0.15, 0.2) is 0 Å². The van der Waals surface area contributed by atoms with Crippen LogP contribution in [-0.4, -0.2) is 41.8 Å². The molecule has 1 fully saturated rings. The molecule has 0 aliphatic carbocycles. The molecule has 0 saturated carbocycles. The van der Waals surface area contributed by atoms with Crippen molar-refractivity contribution in [1.29, 1.82) is 0 Å². The highest BCUT2D eigenvalue weighted by molar-refractivity contribution is 5.89. The molecule has 1 atom stereocenters. The molecular weight excluding hydrogens is 273 g/mol. The summed E-state index contributed by atoms with van der Waals surface area (Å²) >= 11 is 0. The van der Waals surface area contributed by atoms with Gasteiger partial charge in [-0.25, -0.2) is 9.18 Å². The molecule has 1 aliphatic heterocycles. The summed E-state index contributed by atoms with van der Waals surface area (Å²) in [5, 5.41) is 9.19. The summed E-state index contributed by atoms with van der Waals surface area (Å²) in [5.41, 5.74) is 0.701. The minimum Gasteiger partial charge on any atom is -0.478 e. The Morgan fingerprint density at radius 3 is 3.05 bits per heavy atom. The maximum Gasteiger partial charge on any atom is 0.336 e. The second-order valence-electron chi connectivity index (χ2n) is 5.48. The van der Waals surface area contributed by atoms with Crippen LogP contribution in [0.25, 0.3) is 0 Å². The van der Waals surface area contributed by atoms with Gasteiger partial charge >= 0.3 is 5.97 Å². The molecule has 116 valence electrons. The topological polar surface area (TPSA) is 49.8 Å². The van der Waals surface area contributed by atoms with Crippen molar-refractivity contribution in [3.8, 4) is 0 Å². The van der Waals surface area contributed by atoms with Gasteiger partial charge in [-0.3, -0.25) is 4.90 Å². The Morgan fingerprint density at radius 1 is 1.52 bits per heavy atom. The molecule has 0 spiro atoms. The minimum atomic E-state index is -1.01. The Bertz CT molecular complexity index is 492. The fraction of sp³-hybridized carbons (Fsp3) is 0.562. The third-order valence-electron chi connectivity index (χ3n) is 3.71. The van der Waals surface area contributed by atoms with Crippen molar-refractivity contribution in [3.63, 3.8) is 0 Å². The molecule has 1 aromatic carbocycles. The Hall–Kier alpha value is -1.46. The number of benzene rings is 1. The number of carboxylic acid groups (broad SMARTS) is 1. The first kappa shape index (κ1) is 15.9. The Kier molecular flexibility index (Phi) is 5.70. The van der Waals surface area contributed by atoms with Crippen LogP contribution in [-0.2, 0) is 11.3 Å². The number of rotatable bonds is 6. The predicted molar refractivity (Wildman–Crippen MR) is 77.9 cm³/mol. The normalized spacial score (nSPS) is 19.6. The molecule has 4 nitrogen and oxygen atoms in total. The van der Waals surface area contributed by atoms with Crippen molar-refractivity contribution >= 4 is 5.97 Å². The van der Waals surface area contributed by atoms with Crippen LogP contribution in [0.4, 0.5) is 4.39 Å².